The zero-order chi connectivity index (χ0) is 26.4. The molecule has 0 aliphatic carbocycles. The number of methoxy groups -OCH3 is 2. The molecule has 1 unspecified atom stereocenters. The molecular weight excluding hydrogens is 484 g/mol. The highest BCUT2D eigenvalue weighted by molar-refractivity contribution is 5.94. The summed E-state index contributed by atoms with van der Waals surface area (Å²) in [4.78, 5) is 23.9. The summed E-state index contributed by atoms with van der Waals surface area (Å²) in [6.45, 7) is 2.54. The topological polar surface area (TPSA) is 115 Å². The average Bonchev–Trinajstić information content (AvgIpc) is 3.40. The molecule has 0 bridgehead atoms. The monoisotopic (exact) mass is 508 g/mol. The number of allylic oxidation sites excluding steroid dienone is 1. The standard InChI is InChI=1S/C28H24N6O4/c1-4-38-28(35)25-31-27-23-22(16-8-6-5-7-9-16)19(14-29)24-18-13-21(37-3)20(36-2)12-17(18)10-11-33(24)26(23)30-15-34(27)32-25/h5-9,12-13,15,22H,4,10-11H2,1-3H3. The number of nitriles is 1. The summed E-state index contributed by atoms with van der Waals surface area (Å²) < 4.78 is 17.8. The Kier molecular flexibility index (Phi) is 5.68. The number of ether oxygens (including phenoxy) is 3. The van der Waals surface area contributed by atoms with Crippen molar-refractivity contribution in [3.63, 3.8) is 0 Å². The SMILES string of the molecule is CCOC(=O)c1nc2c3c(ncn2n1)N1CCc2cc(OC)c(OC)cc2C1=C(C#N)C3c1ccccc1. The number of esters is 1. The highest BCUT2D eigenvalue weighted by atomic mass is 16.5. The van der Waals surface area contributed by atoms with Crippen molar-refractivity contribution in [1.29, 1.82) is 5.26 Å². The Bertz CT molecular complexity index is 1650. The summed E-state index contributed by atoms with van der Waals surface area (Å²) in [5, 5.41) is 15.0. The van der Waals surface area contributed by atoms with Crippen LogP contribution in [0.3, 0.4) is 0 Å². The third kappa shape index (κ3) is 3.47. The second-order valence-electron chi connectivity index (χ2n) is 8.89. The first-order chi connectivity index (χ1) is 18.6. The Morgan fingerprint density at radius 3 is 2.63 bits per heavy atom. The maximum atomic E-state index is 12.5. The van der Waals surface area contributed by atoms with Crippen LogP contribution in [0.1, 0.15) is 45.7 Å². The number of carbonyl (C=O) groups is 1. The number of aromatic nitrogens is 4. The lowest BCUT2D eigenvalue weighted by Gasteiger charge is -2.40. The van der Waals surface area contributed by atoms with Crippen LogP contribution in [0, 0.1) is 11.3 Å². The predicted octanol–water partition coefficient (Wildman–Crippen LogP) is 3.76. The lowest BCUT2D eigenvalue weighted by molar-refractivity contribution is 0.0512. The summed E-state index contributed by atoms with van der Waals surface area (Å²) in [7, 11) is 3.21. The van der Waals surface area contributed by atoms with E-state index < -0.39 is 11.9 Å². The molecule has 0 amide bonds. The highest BCUT2D eigenvalue weighted by Crippen LogP contribution is 2.50. The van der Waals surface area contributed by atoms with Crippen molar-refractivity contribution in [3.8, 4) is 17.6 Å². The summed E-state index contributed by atoms with van der Waals surface area (Å²) >= 11 is 0. The third-order valence-corrected chi connectivity index (χ3v) is 6.94. The number of carbonyl (C=O) groups excluding carboxylic acids is 1. The van der Waals surface area contributed by atoms with Gasteiger partial charge in [0.25, 0.3) is 5.82 Å². The van der Waals surface area contributed by atoms with E-state index in [1.165, 1.54) is 4.52 Å². The molecule has 190 valence electrons. The van der Waals surface area contributed by atoms with Gasteiger partial charge in [0.2, 0.25) is 0 Å². The number of hydrogen-bond donors (Lipinski definition) is 0. The first-order valence-electron chi connectivity index (χ1n) is 12.2. The van der Waals surface area contributed by atoms with Crippen LogP contribution in [-0.4, -0.2) is 52.9 Å². The van der Waals surface area contributed by atoms with Gasteiger partial charge in [0.15, 0.2) is 17.1 Å². The first-order valence-corrected chi connectivity index (χ1v) is 12.2. The molecule has 2 aliphatic heterocycles. The third-order valence-electron chi connectivity index (χ3n) is 6.94. The lowest BCUT2D eigenvalue weighted by atomic mass is 9.78. The van der Waals surface area contributed by atoms with Crippen LogP contribution in [0.2, 0.25) is 0 Å². The average molecular weight is 509 g/mol. The Labute approximate surface area is 218 Å². The molecule has 10 nitrogen and oxygen atoms in total. The zero-order valence-corrected chi connectivity index (χ0v) is 21.1. The Morgan fingerprint density at radius 1 is 1.16 bits per heavy atom. The van der Waals surface area contributed by atoms with Gasteiger partial charge in [-0.3, -0.25) is 0 Å². The molecule has 0 spiro atoms. The van der Waals surface area contributed by atoms with Crippen molar-refractivity contribution in [1.82, 2.24) is 19.6 Å². The molecule has 2 aromatic carbocycles. The van der Waals surface area contributed by atoms with Gasteiger partial charge in [-0.1, -0.05) is 30.3 Å². The second-order valence-corrected chi connectivity index (χ2v) is 8.89. The molecule has 1 atom stereocenters. The van der Waals surface area contributed by atoms with E-state index in [2.05, 4.69) is 21.1 Å². The molecule has 10 heteroatoms. The molecule has 38 heavy (non-hydrogen) atoms. The maximum absolute atomic E-state index is 12.5. The predicted molar refractivity (Wildman–Crippen MR) is 138 cm³/mol. The highest BCUT2D eigenvalue weighted by Gasteiger charge is 2.41. The number of rotatable bonds is 5. The fraction of sp³-hybridized carbons (Fsp3) is 0.250. The van der Waals surface area contributed by atoms with E-state index in [0.717, 1.165) is 22.4 Å². The van der Waals surface area contributed by atoms with E-state index >= 15 is 0 Å². The lowest BCUT2D eigenvalue weighted by Crippen LogP contribution is -2.36. The van der Waals surface area contributed by atoms with Crippen LogP contribution in [0.25, 0.3) is 11.3 Å². The Balaban J connectivity index is 1.66. The molecule has 0 N–H and O–H groups in total. The normalized spacial score (nSPS) is 15.8. The minimum atomic E-state index is -0.610. The molecule has 4 heterocycles. The van der Waals surface area contributed by atoms with Crippen LogP contribution in [-0.2, 0) is 11.2 Å². The number of nitrogens with zero attached hydrogens (tertiary/aromatic N) is 6. The Hall–Kier alpha value is -4.91. The molecule has 2 aliphatic rings. The van der Waals surface area contributed by atoms with Crippen LogP contribution >= 0.6 is 0 Å². The van der Waals surface area contributed by atoms with E-state index in [0.29, 0.717) is 47.1 Å². The van der Waals surface area contributed by atoms with Gasteiger partial charge in [0.1, 0.15) is 12.1 Å². The van der Waals surface area contributed by atoms with Gasteiger partial charge in [0.05, 0.1) is 49.6 Å². The summed E-state index contributed by atoms with van der Waals surface area (Å²) in [5.41, 5.74) is 5.35. The molecule has 4 aromatic rings. The molecule has 0 saturated heterocycles. The molecule has 0 saturated carbocycles. The van der Waals surface area contributed by atoms with Gasteiger partial charge >= 0.3 is 5.97 Å². The van der Waals surface area contributed by atoms with Crippen molar-refractivity contribution >= 4 is 23.1 Å². The van der Waals surface area contributed by atoms with Crippen molar-refractivity contribution in [3.05, 3.63) is 82.4 Å². The van der Waals surface area contributed by atoms with E-state index in [4.69, 9.17) is 19.2 Å². The molecule has 6 rings (SSSR count). The molecule has 2 aromatic heterocycles. The summed E-state index contributed by atoms with van der Waals surface area (Å²) in [6, 6.07) is 16.2. The number of benzene rings is 2. The minimum absolute atomic E-state index is 0.0528. The minimum Gasteiger partial charge on any atom is -0.493 e. The van der Waals surface area contributed by atoms with Crippen molar-refractivity contribution in [2.24, 2.45) is 0 Å². The Morgan fingerprint density at radius 2 is 1.92 bits per heavy atom. The number of fused-ring (bicyclic) bond motifs is 7. The fourth-order valence-corrected chi connectivity index (χ4v) is 5.34. The van der Waals surface area contributed by atoms with E-state index in [9.17, 15) is 10.1 Å². The van der Waals surface area contributed by atoms with Gasteiger partial charge < -0.3 is 19.1 Å². The summed E-state index contributed by atoms with van der Waals surface area (Å²) in [6.07, 6.45) is 2.26. The fourth-order valence-electron chi connectivity index (χ4n) is 5.34. The molecular formula is C28H24N6O4. The maximum Gasteiger partial charge on any atom is 0.378 e. The van der Waals surface area contributed by atoms with Crippen LogP contribution in [0.15, 0.2) is 54.4 Å². The van der Waals surface area contributed by atoms with Gasteiger partial charge in [-0.25, -0.2) is 19.3 Å². The molecule has 0 radical (unpaired) electrons. The van der Waals surface area contributed by atoms with Crippen LogP contribution in [0.4, 0.5) is 5.82 Å². The van der Waals surface area contributed by atoms with E-state index in [-0.39, 0.29) is 12.4 Å². The quantitative estimate of drug-likeness (QED) is 0.372. The van der Waals surface area contributed by atoms with Crippen LogP contribution < -0.4 is 14.4 Å². The van der Waals surface area contributed by atoms with Crippen molar-refractivity contribution in [2.75, 3.05) is 32.3 Å². The van der Waals surface area contributed by atoms with Crippen molar-refractivity contribution in [2.45, 2.75) is 19.3 Å². The van der Waals surface area contributed by atoms with Gasteiger partial charge in [-0.05, 0) is 36.6 Å². The zero-order valence-electron chi connectivity index (χ0n) is 21.1. The van der Waals surface area contributed by atoms with Gasteiger partial charge in [-0.2, -0.15) is 5.26 Å². The second kappa shape index (κ2) is 9.19. The van der Waals surface area contributed by atoms with E-state index in [1.807, 2.05) is 42.5 Å². The van der Waals surface area contributed by atoms with Crippen molar-refractivity contribution < 1.29 is 19.0 Å². The van der Waals surface area contributed by atoms with Gasteiger partial charge in [0, 0.05) is 12.1 Å². The van der Waals surface area contributed by atoms with Gasteiger partial charge in [-0.15, -0.1) is 5.10 Å². The largest absolute Gasteiger partial charge is 0.493 e. The number of anilines is 1. The van der Waals surface area contributed by atoms with E-state index in [1.54, 1.807) is 27.5 Å². The smallest absolute Gasteiger partial charge is 0.378 e. The number of hydrogen-bond acceptors (Lipinski definition) is 9. The molecule has 0 fully saturated rings. The summed E-state index contributed by atoms with van der Waals surface area (Å²) in [5.74, 6) is 0.745. The van der Waals surface area contributed by atoms with Crippen LogP contribution in [0.5, 0.6) is 11.5 Å². The first kappa shape index (κ1) is 23.5.